The van der Waals surface area contributed by atoms with E-state index in [2.05, 4.69) is 21.8 Å². The van der Waals surface area contributed by atoms with E-state index in [0.29, 0.717) is 0 Å². The van der Waals surface area contributed by atoms with Crippen molar-refractivity contribution < 1.29 is 4.42 Å². The molecular weight excluding hydrogens is 230 g/mol. The quantitative estimate of drug-likeness (QED) is 0.819. The Labute approximate surface area is 105 Å². The van der Waals surface area contributed by atoms with Crippen LogP contribution in [0.3, 0.4) is 0 Å². The van der Waals surface area contributed by atoms with Crippen LogP contribution in [0.25, 0.3) is 11.1 Å². The van der Waals surface area contributed by atoms with Crippen molar-refractivity contribution in [2.24, 2.45) is 5.73 Å². The monoisotopic (exact) mass is 247 g/mol. The summed E-state index contributed by atoms with van der Waals surface area (Å²) in [5.41, 5.74) is 14.3. The molecule has 6 nitrogen and oxygen atoms in total. The van der Waals surface area contributed by atoms with Crippen LogP contribution in [0.1, 0.15) is 18.9 Å². The number of aromatic nitrogens is 2. The molecule has 1 saturated heterocycles. The first kappa shape index (κ1) is 11.3. The molecule has 1 aliphatic rings. The fourth-order valence-electron chi connectivity index (χ4n) is 2.41. The number of nitrogens with two attached hydrogens (primary N) is 2. The predicted octanol–water partition coefficient (Wildman–Crippen LogP) is 0.905. The molecule has 0 saturated carbocycles. The summed E-state index contributed by atoms with van der Waals surface area (Å²) in [5.74, 6) is 1.05. The van der Waals surface area contributed by atoms with Crippen LogP contribution < -0.4 is 16.4 Å². The summed E-state index contributed by atoms with van der Waals surface area (Å²) >= 11 is 0. The molecule has 0 bridgehead atoms. The van der Waals surface area contributed by atoms with Crippen LogP contribution in [-0.2, 0) is 6.42 Å². The Morgan fingerprint density at radius 2 is 2.33 bits per heavy atom. The van der Waals surface area contributed by atoms with Gasteiger partial charge in [-0.05, 0) is 12.8 Å². The fourth-order valence-corrected chi connectivity index (χ4v) is 2.41. The molecule has 0 aromatic carbocycles. The molecular formula is C12H17N5O. The van der Waals surface area contributed by atoms with E-state index >= 15 is 0 Å². The standard InChI is InChI=1S/C12H17N5O/c1-2-7-6-18-10-9(7)15-12(14)16-11(10)17-4-3-8(13)5-17/h6,8H,2-5,13H2,1H3,(H2,14,15,16)/t8-/m1/s1. The predicted molar refractivity (Wildman–Crippen MR) is 70.4 cm³/mol. The number of anilines is 2. The summed E-state index contributed by atoms with van der Waals surface area (Å²) in [6.07, 6.45) is 3.56. The van der Waals surface area contributed by atoms with Gasteiger partial charge in [-0.3, -0.25) is 0 Å². The van der Waals surface area contributed by atoms with Crippen LogP contribution in [0, 0.1) is 0 Å². The van der Waals surface area contributed by atoms with Crippen LogP contribution in [0.2, 0.25) is 0 Å². The van der Waals surface area contributed by atoms with Crippen LogP contribution in [-0.4, -0.2) is 29.1 Å². The highest BCUT2D eigenvalue weighted by molar-refractivity contribution is 5.87. The largest absolute Gasteiger partial charge is 0.458 e. The fraction of sp³-hybridized carbons (Fsp3) is 0.500. The molecule has 1 aliphatic heterocycles. The van der Waals surface area contributed by atoms with Gasteiger partial charge in [0, 0.05) is 24.7 Å². The van der Waals surface area contributed by atoms with E-state index in [1.54, 1.807) is 6.26 Å². The van der Waals surface area contributed by atoms with Crippen molar-refractivity contribution in [1.82, 2.24) is 9.97 Å². The number of nitrogen functional groups attached to an aromatic ring is 1. The topological polar surface area (TPSA) is 94.2 Å². The number of hydrogen-bond donors (Lipinski definition) is 2. The van der Waals surface area contributed by atoms with Gasteiger partial charge in [-0.25, -0.2) is 4.98 Å². The summed E-state index contributed by atoms with van der Waals surface area (Å²) in [4.78, 5) is 10.7. The zero-order valence-electron chi connectivity index (χ0n) is 10.4. The molecule has 6 heteroatoms. The van der Waals surface area contributed by atoms with Gasteiger partial charge in [-0.1, -0.05) is 6.92 Å². The number of aryl methyl sites for hydroxylation is 1. The number of rotatable bonds is 2. The third-order valence-corrected chi connectivity index (χ3v) is 3.39. The Bertz CT molecular complexity index is 579. The van der Waals surface area contributed by atoms with Gasteiger partial charge >= 0.3 is 0 Å². The molecule has 3 rings (SSSR count). The average molecular weight is 247 g/mol. The lowest BCUT2D eigenvalue weighted by Gasteiger charge is -2.16. The van der Waals surface area contributed by atoms with E-state index < -0.39 is 0 Å². The van der Waals surface area contributed by atoms with Crippen molar-refractivity contribution in [2.45, 2.75) is 25.8 Å². The highest BCUT2D eigenvalue weighted by atomic mass is 16.3. The van der Waals surface area contributed by atoms with E-state index in [9.17, 15) is 0 Å². The minimum Gasteiger partial charge on any atom is -0.458 e. The van der Waals surface area contributed by atoms with Gasteiger partial charge in [-0.15, -0.1) is 0 Å². The first-order valence-corrected chi connectivity index (χ1v) is 6.23. The van der Waals surface area contributed by atoms with E-state index in [4.69, 9.17) is 15.9 Å². The summed E-state index contributed by atoms with van der Waals surface area (Å²) < 4.78 is 5.61. The van der Waals surface area contributed by atoms with Crippen LogP contribution in [0.5, 0.6) is 0 Å². The third-order valence-electron chi connectivity index (χ3n) is 3.39. The second kappa shape index (κ2) is 4.13. The number of fused-ring (bicyclic) bond motifs is 1. The third kappa shape index (κ3) is 1.69. The second-order valence-corrected chi connectivity index (χ2v) is 4.69. The maximum absolute atomic E-state index is 5.93. The average Bonchev–Trinajstić information content (AvgIpc) is 2.94. The Balaban J connectivity index is 2.13. The maximum Gasteiger partial charge on any atom is 0.222 e. The summed E-state index contributed by atoms with van der Waals surface area (Å²) in [7, 11) is 0. The molecule has 3 heterocycles. The molecule has 0 aliphatic carbocycles. The van der Waals surface area contributed by atoms with Gasteiger partial charge in [0.05, 0.1) is 6.26 Å². The first-order valence-electron chi connectivity index (χ1n) is 6.23. The van der Waals surface area contributed by atoms with Crippen molar-refractivity contribution in [3.8, 4) is 0 Å². The Morgan fingerprint density at radius 1 is 1.50 bits per heavy atom. The molecule has 4 N–H and O–H groups in total. The van der Waals surface area contributed by atoms with E-state index in [-0.39, 0.29) is 12.0 Å². The van der Waals surface area contributed by atoms with E-state index in [1.165, 1.54) is 0 Å². The van der Waals surface area contributed by atoms with Gasteiger partial charge in [0.25, 0.3) is 0 Å². The molecule has 96 valence electrons. The summed E-state index contributed by atoms with van der Waals surface area (Å²) in [6.45, 7) is 3.73. The Morgan fingerprint density at radius 3 is 3.00 bits per heavy atom. The second-order valence-electron chi connectivity index (χ2n) is 4.69. The van der Waals surface area contributed by atoms with Gasteiger partial charge in [-0.2, -0.15) is 4.98 Å². The van der Waals surface area contributed by atoms with Crippen LogP contribution >= 0.6 is 0 Å². The van der Waals surface area contributed by atoms with Gasteiger partial charge in [0.2, 0.25) is 5.95 Å². The maximum atomic E-state index is 5.93. The van der Waals surface area contributed by atoms with Crippen LogP contribution in [0.15, 0.2) is 10.7 Å². The molecule has 0 amide bonds. The first-order chi connectivity index (χ1) is 8.69. The van der Waals surface area contributed by atoms with Gasteiger partial charge in [0.15, 0.2) is 11.4 Å². The van der Waals surface area contributed by atoms with Crippen molar-refractivity contribution in [3.63, 3.8) is 0 Å². The van der Waals surface area contributed by atoms with E-state index in [0.717, 1.165) is 48.4 Å². The zero-order valence-corrected chi connectivity index (χ0v) is 10.4. The molecule has 0 radical (unpaired) electrons. The minimum absolute atomic E-state index is 0.192. The summed E-state index contributed by atoms with van der Waals surface area (Å²) in [6, 6.07) is 0.192. The van der Waals surface area contributed by atoms with Crippen LogP contribution in [0.4, 0.5) is 11.8 Å². The molecule has 18 heavy (non-hydrogen) atoms. The number of nitrogens with zero attached hydrogens (tertiary/aromatic N) is 3. The van der Waals surface area contributed by atoms with Gasteiger partial charge < -0.3 is 20.8 Å². The SMILES string of the molecule is CCc1coc2c(N3CC[C@@H](N)C3)nc(N)nc12. The highest BCUT2D eigenvalue weighted by Gasteiger charge is 2.25. The molecule has 0 unspecified atom stereocenters. The van der Waals surface area contributed by atoms with Crippen molar-refractivity contribution in [3.05, 3.63) is 11.8 Å². The van der Waals surface area contributed by atoms with Crippen molar-refractivity contribution in [2.75, 3.05) is 23.7 Å². The molecule has 2 aromatic heterocycles. The van der Waals surface area contributed by atoms with E-state index in [1.807, 2.05) is 0 Å². The molecule has 2 aromatic rings. The molecule has 1 atom stereocenters. The van der Waals surface area contributed by atoms with Crippen molar-refractivity contribution >= 4 is 22.9 Å². The number of furan rings is 1. The number of hydrogen-bond acceptors (Lipinski definition) is 6. The summed E-state index contributed by atoms with van der Waals surface area (Å²) in [5, 5.41) is 0. The normalized spacial score (nSPS) is 19.9. The lowest BCUT2D eigenvalue weighted by Crippen LogP contribution is -2.27. The molecule has 0 spiro atoms. The molecule has 1 fully saturated rings. The Kier molecular flexibility index (Phi) is 2.59. The zero-order chi connectivity index (χ0) is 12.7. The lowest BCUT2D eigenvalue weighted by atomic mass is 10.2. The van der Waals surface area contributed by atoms with Gasteiger partial charge in [0.1, 0.15) is 5.52 Å². The lowest BCUT2D eigenvalue weighted by molar-refractivity contribution is 0.607. The Hall–Kier alpha value is -1.82. The smallest absolute Gasteiger partial charge is 0.222 e. The van der Waals surface area contributed by atoms with Crippen molar-refractivity contribution in [1.29, 1.82) is 0 Å². The minimum atomic E-state index is 0.192. The highest BCUT2D eigenvalue weighted by Crippen LogP contribution is 2.30.